The van der Waals surface area contributed by atoms with Crippen LogP contribution < -0.4 is 14.2 Å². The number of hydrogen-bond donors (Lipinski definition) is 1. The summed E-state index contributed by atoms with van der Waals surface area (Å²) in [5, 5.41) is 0. The maximum Gasteiger partial charge on any atom is 0.261 e. The largest absolute Gasteiger partial charge is 0.454 e. The van der Waals surface area contributed by atoms with Crippen molar-refractivity contribution >= 4 is 15.7 Å². The Kier molecular flexibility index (Phi) is 4.17. The lowest BCUT2D eigenvalue weighted by molar-refractivity contribution is 0.174. The lowest BCUT2D eigenvalue weighted by atomic mass is 9.99. The van der Waals surface area contributed by atoms with Crippen molar-refractivity contribution in [2.75, 3.05) is 11.5 Å². The number of fused-ring (bicyclic) bond motifs is 1. The number of hydrogen-bond acceptors (Lipinski definition) is 4. The first-order chi connectivity index (χ1) is 11.0. The molecule has 0 bridgehead atoms. The highest BCUT2D eigenvalue weighted by Gasteiger charge is 2.18. The van der Waals surface area contributed by atoms with E-state index in [1.54, 1.807) is 30.3 Å². The van der Waals surface area contributed by atoms with Gasteiger partial charge >= 0.3 is 0 Å². The van der Waals surface area contributed by atoms with Crippen molar-refractivity contribution in [3.63, 3.8) is 0 Å². The summed E-state index contributed by atoms with van der Waals surface area (Å²) in [6.07, 6.45) is 1.02. The van der Waals surface area contributed by atoms with Gasteiger partial charge in [-0.25, -0.2) is 8.42 Å². The van der Waals surface area contributed by atoms with E-state index < -0.39 is 10.0 Å². The molecule has 1 aliphatic heterocycles. The second-order valence-corrected chi connectivity index (χ2v) is 7.23. The summed E-state index contributed by atoms with van der Waals surface area (Å²) in [6.45, 7) is 4.38. The molecule has 5 nitrogen and oxygen atoms in total. The molecule has 1 atom stereocenters. The van der Waals surface area contributed by atoms with Gasteiger partial charge in [0.1, 0.15) is 0 Å². The van der Waals surface area contributed by atoms with Gasteiger partial charge < -0.3 is 9.47 Å². The zero-order valence-electron chi connectivity index (χ0n) is 13.1. The molecule has 1 aliphatic rings. The van der Waals surface area contributed by atoms with E-state index in [2.05, 4.69) is 18.6 Å². The molecule has 2 aromatic carbocycles. The SMILES string of the molecule is CC[C@@H](C)c1ccc(S(=O)(=O)Nc2ccc3c(c2)OCO3)cc1. The van der Waals surface area contributed by atoms with E-state index in [0.29, 0.717) is 23.1 Å². The fourth-order valence-corrected chi connectivity index (χ4v) is 3.43. The third kappa shape index (κ3) is 3.27. The van der Waals surface area contributed by atoms with Crippen LogP contribution in [0.5, 0.6) is 11.5 Å². The van der Waals surface area contributed by atoms with Crippen molar-refractivity contribution in [1.29, 1.82) is 0 Å². The molecule has 0 fully saturated rings. The van der Waals surface area contributed by atoms with Crippen LogP contribution in [0.25, 0.3) is 0 Å². The first-order valence-corrected chi connectivity index (χ1v) is 9.00. The third-order valence-corrected chi connectivity index (χ3v) is 5.39. The number of sulfonamides is 1. The number of rotatable bonds is 5. The Morgan fingerprint density at radius 3 is 2.48 bits per heavy atom. The molecule has 3 rings (SSSR count). The predicted molar refractivity (Wildman–Crippen MR) is 88.5 cm³/mol. The fourth-order valence-electron chi connectivity index (χ4n) is 2.39. The Morgan fingerprint density at radius 2 is 1.78 bits per heavy atom. The van der Waals surface area contributed by atoms with E-state index in [1.165, 1.54) is 0 Å². The van der Waals surface area contributed by atoms with Gasteiger partial charge in [0.2, 0.25) is 6.79 Å². The Hall–Kier alpha value is -2.21. The van der Waals surface area contributed by atoms with Gasteiger partial charge in [-0.1, -0.05) is 26.0 Å². The first kappa shape index (κ1) is 15.7. The molecule has 2 aromatic rings. The molecule has 122 valence electrons. The quantitative estimate of drug-likeness (QED) is 0.905. The first-order valence-electron chi connectivity index (χ1n) is 7.52. The van der Waals surface area contributed by atoms with Crippen molar-refractivity contribution in [3.8, 4) is 11.5 Å². The molecule has 0 radical (unpaired) electrons. The summed E-state index contributed by atoms with van der Waals surface area (Å²) in [7, 11) is -3.63. The number of nitrogens with one attached hydrogen (secondary N) is 1. The van der Waals surface area contributed by atoms with Crippen LogP contribution in [0, 0.1) is 0 Å². The second kappa shape index (κ2) is 6.12. The molecule has 0 saturated carbocycles. The van der Waals surface area contributed by atoms with Crippen LogP contribution in [-0.2, 0) is 10.0 Å². The Balaban J connectivity index is 1.81. The lowest BCUT2D eigenvalue weighted by Gasteiger charge is -2.11. The Labute approximate surface area is 136 Å². The highest BCUT2D eigenvalue weighted by molar-refractivity contribution is 7.92. The van der Waals surface area contributed by atoms with Crippen LogP contribution in [0.2, 0.25) is 0 Å². The normalized spacial score (nSPS) is 14.5. The summed E-state index contributed by atoms with van der Waals surface area (Å²) in [4.78, 5) is 0.238. The lowest BCUT2D eigenvalue weighted by Crippen LogP contribution is -2.13. The molecular formula is C17H19NO4S. The summed E-state index contributed by atoms with van der Waals surface area (Å²) in [6, 6.07) is 12.0. The fraction of sp³-hybridized carbons (Fsp3) is 0.294. The summed E-state index contributed by atoms with van der Waals surface area (Å²) < 4.78 is 38.0. The Bertz CT molecular complexity index is 800. The molecule has 0 spiro atoms. The van der Waals surface area contributed by atoms with E-state index in [1.807, 2.05) is 12.1 Å². The van der Waals surface area contributed by atoms with Crippen LogP contribution in [0.1, 0.15) is 31.7 Å². The molecule has 0 unspecified atom stereocenters. The van der Waals surface area contributed by atoms with Crippen LogP contribution in [0.15, 0.2) is 47.4 Å². The highest BCUT2D eigenvalue weighted by atomic mass is 32.2. The van der Waals surface area contributed by atoms with E-state index in [-0.39, 0.29) is 11.7 Å². The van der Waals surface area contributed by atoms with E-state index in [0.717, 1.165) is 12.0 Å². The highest BCUT2D eigenvalue weighted by Crippen LogP contribution is 2.34. The third-order valence-electron chi connectivity index (χ3n) is 4.00. The minimum absolute atomic E-state index is 0.155. The van der Waals surface area contributed by atoms with Crippen LogP contribution in [0.4, 0.5) is 5.69 Å². The molecule has 0 aromatic heterocycles. The van der Waals surface area contributed by atoms with Crippen molar-refractivity contribution in [1.82, 2.24) is 0 Å². The topological polar surface area (TPSA) is 64.6 Å². The van der Waals surface area contributed by atoms with E-state index in [4.69, 9.17) is 9.47 Å². The second-order valence-electron chi connectivity index (χ2n) is 5.55. The maximum absolute atomic E-state index is 12.5. The molecule has 0 aliphatic carbocycles. The van der Waals surface area contributed by atoms with E-state index >= 15 is 0 Å². The molecular weight excluding hydrogens is 314 g/mol. The standard InChI is InChI=1S/C17H19NO4S/c1-3-12(2)13-4-7-15(8-5-13)23(19,20)18-14-6-9-16-17(10-14)22-11-21-16/h4-10,12,18H,3,11H2,1-2H3/t12-/m1/s1. The van der Waals surface area contributed by atoms with Gasteiger partial charge in [0, 0.05) is 6.07 Å². The zero-order valence-corrected chi connectivity index (χ0v) is 13.9. The Morgan fingerprint density at radius 1 is 1.09 bits per heavy atom. The summed E-state index contributed by atoms with van der Waals surface area (Å²) >= 11 is 0. The van der Waals surface area contributed by atoms with Crippen LogP contribution in [0.3, 0.4) is 0 Å². The van der Waals surface area contributed by atoms with Gasteiger partial charge in [-0.05, 0) is 42.2 Å². The van der Waals surface area contributed by atoms with Gasteiger partial charge in [0.05, 0.1) is 10.6 Å². The van der Waals surface area contributed by atoms with Gasteiger partial charge in [-0.15, -0.1) is 0 Å². The molecule has 6 heteroatoms. The van der Waals surface area contributed by atoms with Gasteiger partial charge in [0.15, 0.2) is 11.5 Å². The van der Waals surface area contributed by atoms with Crippen molar-refractivity contribution in [2.45, 2.75) is 31.1 Å². The van der Waals surface area contributed by atoms with Gasteiger partial charge in [-0.2, -0.15) is 0 Å². The maximum atomic E-state index is 12.5. The van der Waals surface area contributed by atoms with Crippen molar-refractivity contribution in [2.24, 2.45) is 0 Å². The number of ether oxygens (including phenoxy) is 2. The molecule has 1 heterocycles. The predicted octanol–water partition coefficient (Wildman–Crippen LogP) is 3.73. The average Bonchev–Trinajstić information content (AvgIpc) is 3.01. The molecule has 0 saturated heterocycles. The van der Waals surface area contributed by atoms with Gasteiger partial charge in [0.25, 0.3) is 10.0 Å². The molecule has 1 N–H and O–H groups in total. The van der Waals surface area contributed by atoms with Crippen LogP contribution in [-0.4, -0.2) is 15.2 Å². The smallest absolute Gasteiger partial charge is 0.261 e. The van der Waals surface area contributed by atoms with Crippen LogP contribution >= 0.6 is 0 Å². The number of anilines is 1. The zero-order chi connectivity index (χ0) is 16.4. The molecule has 23 heavy (non-hydrogen) atoms. The monoisotopic (exact) mass is 333 g/mol. The average molecular weight is 333 g/mol. The van der Waals surface area contributed by atoms with Crippen molar-refractivity contribution < 1.29 is 17.9 Å². The van der Waals surface area contributed by atoms with E-state index in [9.17, 15) is 8.42 Å². The van der Waals surface area contributed by atoms with Crippen molar-refractivity contribution in [3.05, 3.63) is 48.0 Å². The minimum Gasteiger partial charge on any atom is -0.454 e. The minimum atomic E-state index is -3.63. The number of benzene rings is 2. The summed E-state index contributed by atoms with van der Waals surface area (Å²) in [5.41, 5.74) is 1.58. The summed E-state index contributed by atoms with van der Waals surface area (Å²) in [5.74, 6) is 1.57. The molecule has 0 amide bonds. The van der Waals surface area contributed by atoms with Gasteiger partial charge in [-0.3, -0.25) is 4.72 Å².